The average Bonchev–Trinajstić information content (AvgIpc) is 2.61. The summed E-state index contributed by atoms with van der Waals surface area (Å²) < 4.78 is 5.08. The van der Waals surface area contributed by atoms with Crippen molar-refractivity contribution in [3.05, 3.63) is 58.6 Å². The van der Waals surface area contributed by atoms with Crippen LogP contribution in [0.2, 0.25) is 5.02 Å². The lowest BCUT2D eigenvalue weighted by molar-refractivity contribution is 0.0940. The lowest BCUT2D eigenvalue weighted by atomic mass is 10.1. The Balaban J connectivity index is 2.21. The average molecular weight is 361 g/mol. The lowest BCUT2D eigenvalue weighted by Crippen LogP contribution is -2.32. The second kappa shape index (κ2) is 8.53. The number of para-hydroxylation sites is 1. The monoisotopic (exact) mass is 360 g/mol. The van der Waals surface area contributed by atoms with Gasteiger partial charge in [-0.15, -0.1) is 0 Å². The van der Waals surface area contributed by atoms with Gasteiger partial charge >= 0.3 is 0 Å². The number of hydrogen-bond donors (Lipinski definition) is 2. The maximum atomic E-state index is 12.5. The summed E-state index contributed by atoms with van der Waals surface area (Å²) in [5.41, 5.74) is 1.24. The van der Waals surface area contributed by atoms with Crippen LogP contribution >= 0.6 is 11.6 Å². The first-order valence-corrected chi connectivity index (χ1v) is 8.38. The van der Waals surface area contributed by atoms with Crippen molar-refractivity contribution in [1.29, 1.82) is 0 Å². The van der Waals surface area contributed by atoms with E-state index in [-0.39, 0.29) is 17.9 Å². The number of benzene rings is 2. The fraction of sp³-hybridized carbons (Fsp3) is 0.263. The molecule has 0 aliphatic heterocycles. The lowest BCUT2D eigenvalue weighted by Gasteiger charge is -2.15. The highest BCUT2D eigenvalue weighted by molar-refractivity contribution is 6.32. The van der Waals surface area contributed by atoms with Gasteiger partial charge in [0.2, 0.25) is 0 Å². The standard InChI is InChI=1S/C19H21ClN2O3/c1-4-12(2)21-19(24)14-7-5-6-8-16(14)22-18(23)13-9-10-17(25-3)15(20)11-13/h5-12H,4H2,1-3H3,(H,21,24)(H,22,23)/t12-/m1/s1. The van der Waals surface area contributed by atoms with E-state index >= 15 is 0 Å². The van der Waals surface area contributed by atoms with Gasteiger partial charge in [0.25, 0.3) is 11.8 Å². The Morgan fingerprint density at radius 1 is 1.16 bits per heavy atom. The Morgan fingerprint density at radius 3 is 2.52 bits per heavy atom. The van der Waals surface area contributed by atoms with Crippen LogP contribution in [0, 0.1) is 0 Å². The maximum Gasteiger partial charge on any atom is 0.255 e. The maximum absolute atomic E-state index is 12.5. The third-order valence-electron chi connectivity index (χ3n) is 3.82. The Kier molecular flexibility index (Phi) is 6.42. The van der Waals surface area contributed by atoms with E-state index in [0.29, 0.717) is 27.6 Å². The number of ether oxygens (including phenoxy) is 1. The largest absolute Gasteiger partial charge is 0.495 e. The molecule has 0 saturated heterocycles. The summed E-state index contributed by atoms with van der Waals surface area (Å²) in [7, 11) is 1.51. The fourth-order valence-corrected chi connectivity index (χ4v) is 2.45. The molecule has 132 valence electrons. The van der Waals surface area contributed by atoms with E-state index in [1.807, 2.05) is 13.8 Å². The summed E-state index contributed by atoms with van der Waals surface area (Å²) in [4.78, 5) is 24.9. The molecule has 2 rings (SSSR count). The minimum absolute atomic E-state index is 0.0525. The highest BCUT2D eigenvalue weighted by Crippen LogP contribution is 2.25. The molecule has 25 heavy (non-hydrogen) atoms. The van der Waals surface area contributed by atoms with Crippen molar-refractivity contribution in [2.24, 2.45) is 0 Å². The van der Waals surface area contributed by atoms with Crippen LogP contribution in [-0.4, -0.2) is 25.0 Å². The molecular formula is C19H21ClN2O3. The zero-order valence-corrected chi connectivity index (χ0v) is 15.2. The summed E-state index contributed by atoms with van der Waals surface area (Å²) in [6.45, 7) is 3.92. The number of anilines is 1. The molecular weight excluding hydrogens is 340 g/mol. The van der Waals surface area contributed by atoms with E-state index in [0.717, 1.165) is 6.42 Å². The first-order valence-electron chi connectivity index (χ1n) is 8.01. The predicted octanol–water partition coefficient (Wildman–Crippen LogP) is 4.13. The second-order valence-corrected chi connectivity index (χ2v) is 6.04. The predicted molar refractivity (Wildman–Crippen MR) is 99.6 cm³/mol. The topological polar surface area (TPSA) is 67.4 Å². The zero-order chi connectivity index (χ0) is 18.4. The fourth-order valence-electron chi connectivity index (χ4n) is 2.20. The molecule has 0 heterocycles. The van der Waals surface area contributed by atoms with Gasteiger partial charge in [0.15, 0.2) is 0 Å². The summed E-state index contributed by atoms with van der Waals surface area (Å²) >= 11 is 6.06. The van der Waals surface area contributed by atoms with Crippen molar-refractivity contribution in [3.63, 3.8) is 0 Å². The molecule has 0 aliphatic carbocycles. The Morgan fingerprint density at radius 2 is 1.88 bits per heavy atom. The van der Waals surface area contributed by atoms with Gasteiger partial charge in [0.1, 0.15) is 5.75 Å². The molecule has 2 N–H and O–H groups in total. The third-order valence-corrected chi connectivity index (χ3v) is 4.12. The molecule has 1 atom stereocenters. The molecule has 6 heteroatoms. The highest BCUT2D eigenvalue weighted by atomic mass is 35.5. The first kappa shape index (κ1) is 18.8. The molecule has 0 fully saturated rings. The molecule has 0 unspecified atom stereocenters. The van der Waals surface area contributed by atoms with Crippen LogP contribution in [0.4, 0.5) is 5.69 Å². The van der Waals surface area contributed by atoms with Gasteiger partial charge in [0.05, 0.1) is 23.4 Å². The SMILES string of the molecule is CC[C@@H](C)NC(=O)c1ccccc1NC(=O)c1ccc(OC)c(Cl)c1. The number of amides is 2. The number of carbonyl (C=O) groups is 2. The van der Waals surface area contributed by atoms with Crippen LogP contribution < -0.4 is 15.4 Å². The van der Waals surface area contributed by atoms with Gasteiger partial charge in [-0.1, -0.05) is 30.7 Å². The van der Waals surface area contributed by atoms with Crippen LogP contribution in [-0.2, 0) is 0 Å². The minimum atomic E-state index is -0.353. The number of carbonyl (C=O) groups excluding carboxylic acids is 2. The van der Waals surface area contributed by atoms with Crippen molar-refractivity contribution in [2.45, 2.75) is 26.3 Å². The normalized spacial score (nSPS) is 11.5. The molecule has 2 aromatic rings. The zero-order valence-electron chi connectivity index (χ0n) is 14.4. The quantitative estimate of drug-likeness (QED) is 0.813. The van der Waals surface area contributed by atoms with Gasteiger partial charge in [-0.2, -0.15) is 0 Å². The van der Waals surface area contributed by atoms with Crippen molar-refractivity contribution in [2.75, 3.05) is 12.4 Å². The number of rotatable bonds is 6. The minimum Gasteiger partial charge on any atom is -0.495 e. The molecule has 0 spiro atoms. The Bertz CT molecular complexity index is 777. The molecule has 5 nitrogen and oxygen atoms in total. The van der Waals surface area contributed by atoms with Crippen molar-refractivity contribution < 1.29 is 14.3 Å². The van der Waals surface area contributed by atoms with Crippen molar-refractivity contribution in [1.82, 2.24) is 5.32 Å². The number of hydrogen-bond acceptors (Lipinski definition) is 3. The van der Waals surface area contributed by atoms with Crippen molar-refractivity contribution >= 4 is 29.1 Å². The van der Waals surface area contributed by atoms with E-state index in [2.05, 4.69) is 10.6 Å². The number of nitrogens with one attached hydrogen (secondary N) is 2. The van der Waals surface area contributed by atoms with E-state index in [4.69, 9.17) is 16.3 Å². The van der Waals surface area contributed by atoms with Crippen molar-refractivity contribution in [3.8, 4) is 5.75 Å². The van der Waals surface area contributed by atoms with Crippen LogP contribution in [0.15, 0.2) is 42.5 Å². The van der Waals surface area contributed by atoms with Crippen LogP contribution in [0.25, 0.3) is 0 Å². The molecule has 0 saturated carbocycles. The van der Waals surface area contributed by atoms with E-state index in [9.17, 15) is 9.59 Å². The van der Waals surface area contributed by atoms with Crippen LogP contribution in [0.5, 0.6) is 5.75 Å². The van der Waals surface area contributed by atoms with E-state index < -0.39 is 0 Å². The van der Waals surface area contributed by atoms with Gasteiger partial charge < -0.3 is 15.4 Å². The summed E-state index contributed by atoms with van der Waals surface area (Å²) in [6, 6.07) is 11.7. The van der Waals surface area contributed by atoms with Gasteiger partial charge in [-0.25, -0.2) is 0 Å². The molecule has 0 radical (unpaired) electrons. The van der Waals surface area contributed by atoms with Gasteiger partial charge in [0, 0.05) is 11.6 Å². The summed E-state index contributed by atoms with van der Waals surface area (Å²) in [5.74, 6) is -0.0853. The van der Waals surface area contributed by atoms with E-state index in [1.54, 1.807) is 36.4 Å². The van der Waals surface area contributed by atoms with Gasteiger partial charge in [-0.05, 0) is 43.7 Å². The summed E-state index contributed by atoms with van der Waals surface area (Å²) in [5, 5.41) is 6.01. The van der Waals surface area contributed by atoms with Crippen LogP contribution in [0.3, 0.4) is 0 Å². The number of halogens is 1. The smallest absolute Gasteiger partial charge is 0.255 e. The Hall–Kier alpha value is -2.53. The summed E-state index contributed by atoms with van der Waals surface area (Å²) in [6.07, 6.45) is 0.824. The second-order valence-electron chi connectivity index (χ2n) is 5.63. The molecule has 2 aromatic carbocycles. The van der Waals surface area contributed by atoms with Gasteiger partial charge in [-0.3, -0.25) is 9.59 Å². The van der Waals surface area contributed by atoms with E-state index in [1.165, 1.54) is 13.2 Å². The highest BCUT2D eigenvalue weighted by Gasteiger charge is 2.16. The molecule has 0 aliphatic rings. The molecule has 0 aromatic heterocycles. The molecule has 0 bridgehead atoms. The first-order chi connectivity index (χ1) is 12.0. The Labute approximate surface area is 152 Å². The molecule has 2 amide bonds. The van der Waals surface area contributed by atoms with Crippen LogP contribution in [0.1, 0.15) is 41.0 Å². The third kappa shape index (κ3) is 4.73. The number of methoxy groups -OCH3 is 1.